The normalized spacial score (nSPS) is 14.9. The van der Waals surface area contributed by atoms with Crippen molar-refractivity contribution in [2.45, 2.75) is 65.5 Å². The van der Waals surface area contributed by atoms with Gasteiger partial charge in [-0.1, -0.05) is 52.0 Å². The summed E-state index contributed by atoms with van der Waals surface area (Å²) in [4.78, 5) is 22.7. The van der Waals surface area contributed by atoms with Crippen molar-refractivity contribution in [3.63, 3.8) is 0 Å². The molecular formula is C23H29N3OS. The average Bonchev–Trinajstić information content (AvgIpc) is 3.22. The highest BCUT2D eigenvalue weighted by Gasteiger charge is 2.21. The zero-order valence-corrected chi connectivity index (χ0v) is 18.0. The Morgan fingerprint density at radius 1 is 1.11 bits per heavy atom. The minimum atomic E-state index is 0.0172. The number of hydrogen-bond donors (Lipinski definition) is 2. The Kier molecular flexibility index (Phi) is 5.39. The average molecular weight is 396 g/mol. The fourth-order valence-electron chi connectivity index (χ4n) is 4.16. The summed E-state index contributed by atoms with van der Waals surface area (Å²) in [6.45, 7) is 9.43. The fraction of sp³-hybridized carbons (Fsp3) is 0.478. The van der Waals surface area contributed by atoms with E-state index >= 15 is 0 Å². The van der Waals surface area contributed by atoms with Crippen molar-refractivity contribution >= 4 is 21.6 Å². The van der Waals surface area contributed by atoms with E-state index in [2.05, 4.69) is 62.3 Å². The minimum absolute atomic E-state index is 0.0172. The van der Waals surface area contributed by atoms with Crippen molar-refractivity contribution in [1.29, 1.82) is 0 Å². The summed E-state index contributed by atoms with van der Waals surface area (Å²) in [5, 5.41) is 4.44. The smallest absolute Gasteiger partial charge is 0.259 e. The Balaban J connectivity index is 1.55. The van der Waals surface area contributed by atoms with Gasteiger partial charge < -0.3 is 10.3 Å². The molecule has 2 aromatic heterocycles. The number of hydrogen-bond acceptors (Lipinski definition) is 4. The molecule has 2 N–H and O–H groups in total. The molecule has 0 amide bonds. The zero-order chi connectivity index (χ0) is 19.8. The van der Waals surface area contributed by atoms with Crippen LogP contribution in [0.2, 0.25) is 0 Å². The van der Waals surface area contributed by atoms with Gasteiger partial charge in [0.05, 0.1) is 11.9 Å². The van der Waals surface area contributed by atoms with Gasteiger partial charge in [0.1, 0.15) is 10.7 Å². The van der Waals surface area contributed by atoms with Crippen LogP contribution in [0.1, 0.15) is 73.5 Å². The molecular weight excluding hydrogens is 366 g/mol. The third kappa shape index (κ3) is 3.65. The van der Waals surface area contributed by atoms with Crippen molar-refractivity contribution in [1.82, 2.24) is 15.3 Å². The van der Waals surface area contributed by atoms with E-state index in [9.17, 15) is 4.79 Å². The van der Waals surface area contributed by atoms with Crippen LogP contribution < -0.4 is 10.9 Å². The summed E-state index contributed by atoms with van der Waals surface area (Å²) < 4.78 is 0. The first kappa shape index (κ1) is 19.3. The van der Waals surface area contributed by atoms with Crippen molar-refractivity contribution in [2.24, 2.45) is 5.92 Å². The third-order valence-electron chi connectivity index (χ3n) is 5.74. The van der Waals surface area contributed by atoms with Gasteiger partial charge in [-0.25, -0.2) is 4.98 Å². The molecule has 1 atom stereocenters. The maximum Gasteiger partial charge on any atom is 0.259 e. The molecule has 0 aliphatic heterocycles. The van der Waals surface area contributed by atoms with E-state index in [4.69, 9.17) is 4.98 Å². The quantitative estimate of drug-likeness (QED) is 0.612. The fourth-order valence-corrected chi connectivity index (χ4v) is 5.44. The number of benzene rings is 1. The largest absolute Gasteiger partial charge is 0.309 e. The standard InChI is InChI=1S/C23H29N3OS/c1-13(2)15-8-10-16(11-9-15)21(14(3)4)24-12-19-25-22(27)20-17-6-5-7-18(17)28-23(20)26-19/h8-11,13-14,21,24H,5-7,12H2,1-4H3,(H,25,26,27)/t21-/m1/s1. The van der Waals surface area contributed by atoms with Crippen molar-refractivity contribution in [2.75, 3.05) is 0 Å². The van der Waals surface area contributed by atoms with Crippen LogP contribution in [-0.4, -0.2) is 9.97 Å². The van der Waals surface area contributed by atoms with Gasteiger partial charge in [0, 0.05) is 10.9 Å². The van der Waals surface area contributed by atoms with E-state index in [1.807, 2.05) is 0 Å². The number of nitrogens with one attached hydrogen (secondary N) is 2. The van der Waals surface area contributed by atoms with Crippen LogP contribution >= 0.6 is 11.3 Å². The van der Waals surface area contributed by atoms with E-state index in [0.29, 0.717) is 18.4 Å². The van der Waals surface area contributed by atoms with Crippen LogP contribution in [0, 0.1) is 5.92 Å². The lowest BCUT2D eigenvalue weighted by molar-refractivity contribution is 0.406. The van der Waals surface area contributed by atoms with Gasteiger partial charge in [-0.3, -0.25) is 4.79 Å². The van der Waals surface area contributed by atoms with Crippen molar-refractivity contribution in [3.8, 4) is 0 Å². The van der Waals surface area contributed by atoms with Crippen LogP contribution in [0.5, 0.6) is 0 Å². The summed E-state index contributed by atoms with van der Waals surface area (Å²) in [6.07, 6.45) is 3.26. The molecule has 1 aliphatic rings. The number of thiophene rings is 1. The number of fused-ring (bicyclic) bond motifs is 3. The summed E-state index contributed by atoms with van der Waals surface area (Å²) in [5.74, 6) is 1.70. The van der Waals surface area contributed by atoms with Crippen LogP contribution in [0.4, 0.5) is 0 Å². The molecule has 0 radical (unpaired) electrons. The number of rotatable bonds is 6. The summed E-state index contributed by atoms with van der Waals surface area (Å²) >= 11 is 1.70. The van der Waals surface area contributed by atoms with E-state index in [1.54, 1.807) is 11.3 Å². The summed E-state index contributed by atoms with van der Waals surface area (Å²) in [5.41, 5.74) is 3.88. The third-order valence-corrected chi connectivity index (χ3v) is 6.93. The lowest BCUT2D eigenvalue weighted by Gasteiger charge is -2.23. The van der Waals surface area contributed by atoms with E-state index < -0.39 is 0 Å². The topological polar surface area (TPSA) is 57.8 Å². The predicted molar refractivity (Wildman–Crippen MR) is 117 cm³/mol. The highest BCUT2D eigenvalue weighted by Crippen LogP contribution is 2.34. The van der Waals surface area contributed by atoms with Gasteiger partial charge in [0.15, 0.2) is 0 Å². The molecule has 0 saturated carbocycles. The van der Waals surface area contributed by atoms with E-state index in [-0.39, 0.29) is 11.6 Å². The molecule has 0 fully saturated rings. The van der Waals surface area contributed by atoms with Gasteiger partial charge in [-0.15, -0.1) is 11.3 Å². The Hall–Kier alpha value is -1.98. The molecule has 0 unspecified atom stereocenters. The number of aryl methyl sites for hydroxylation is 2. The number of aromatic amines is 1. The van der Waals surface area contributed by atoms with Gasteiger partial charge in [0.25, 0.3) is 5.56 Å². The molecule has 5 heteroatoms. The molecule has 1 aliphatic carbocycles. The zero-order valence-electron chi connectivity index (χ0n) is 17.1. The molecule has 4 rings (SSSR count). The van der Waals surface area contributed by atoms with Crippen LogP contribution in [0.25, 0.3) is 10.2 Å². The maximum absolute atomic E-state index is 12.7. The van der Waals surface area contributed by atoms with E-state index in [0.717, 1.165) is 35.3 Å². The second-order valence-electron chi connectivity index (χ2n) is 8.47. The highest BCUT2D eigenvalue weighted by molar-refractivity contribution is 7.18. The number of H-pyrrole nitrogens is 1. The number of nitrogens with zero attached hydrogens (tertiary/aromatic N) is 1. The lowest BCUT2D eigenvalue weighted by atomic mass is 9.93. The minimum Gasteiger partial charge on any atom is -0.309 e. The van der Waals surface area contributed by atoms with Crippen molar-refractivity contribution < 1.29 is 0 Å². The van der Waals surface area contributed by atoms with Crippen LogP contribution in [0.3, 0.4) is 0 Å². The van der Waals surface area contributed by atoms with Gasteiger partial charge >= 0.3 is 0 Å². The number of aromatic nitrogens is 2. The van der Waals surface area contributed by atoms with E-state index in [1.165, 1.54) is 21.6 Å². The highest BCUT2D eigenvalue weighted by atomic mass is 32.1. The Morgan fingerprint density at radius 2 is 1.82 bits per heavy atom. The second kappa shape index (κ2) is 7.80. The predicted octanol–water partition coefficient (Wildman–Crippen LogP) is 5.08. The molecule has 3 aromatic rings. The van der Waals surface area contributed by atoms with Gasteiger partial charge in [-0.05, 0) is 47.8 Å². The summed E-state index contributed by atoms with van der Waals surface area (Å²) in [7, 11) is 0. The molecule has 0 saturated heterocycles. The molecule has 0 spiro atoms. The van der Waals surface area contributed by atoms with Crippen molar-refractivity contribution in [3.05, 3.63) is 62.0 Å². The molecule has 2 heterocycles. The molecule has 1 aromatic carbocycles. The Morgan fingerprint density at radius 3 is 2.50 bits per heavy atom. The van der Waals surface area contributed by atoms with Gasteiger partial charge in [-0.2, -0.15) is 0 Å². The Bertz CT molecular complexity index is 1030. The summed E-state index contributed by atoms with van der Waals surface area (Å²) in [6, 6.07) is 9.09. The van der Waals surface area contributed by atoms with Gasteiger partial charge in [0.2, 0.25) is 0 Å². The monoisotopic (exact) mass is 395 g/mol. The van der Waals surface area contributed by atoms with Crippen LogP contribution in [0.15, 0.2) is 29.1 Å². The first-order valence-corrected chi connectivity index (χ1v) is 11.1. The maximum atomic E-state index is 12.7. The Labute approximate surface area is 170 Å². The van der Waals surface area contributed by atoms with Crippen LogP contribution in [-0.2, 0) is 19.4 Å². The second-order valence-corrected chi connectivity index (χ2v) is 9.56. The lowest BCUT2D eigenvalue weighted by Crippen LogP contribution is -2.27. The molecule has 28 heavy (non-hydrogen) atoms. The first-order chi connectivity index (χ1) is 13.4. The molecule has 0 bridgehead atoms. The first-order valence-electron chi connectivity index (χ1n) is 10.3. The SMILES string of the molecule is CC(C)c1ccc([C@H](NCc2nc3sc4c(c3c(=O)[nH]2)CCC4)C(C)C)cc1. The molecule has 4 nitrogen and oxygen atoms in total. The molecule has 148 valence electrons.